The fourth-order valence-corrected chi connectivity index (χ4v) is 7.84. The highest BCUT2D eigenvalue weighted by molar-refractivity contribution is 6.13. The van der Waals surface area contributed by atoms with E-state index in [-0.39, 0.29) is 11.5 Å². The van der Waals surface area contributed by atoms with Crippen LogP contribution in [0.25, 0.3) is 39.2 Å². The molecule has 0 bridgehead atoms. The van der Waals surface area contributed by atoms with Crippen LogP contribution in [0.4, 0.5) is 5.69 Å². The number of para-hydroxylation sites is 3. The van der Waals surface area contributed by atoms with Gasteiger partial charge in [0.25, 0.3) is 0 Å². The van der Waals surface area contributed by atoms with Gasteiger partial charge in [-0.2, -0.15) is 0 Å². The van der Waals surface area contributed by atoms with Crippen LogP contribution in [-0.4, -0.2) is 15.4 Å². The Hall–Kier alpha value is -5.48. The third kappa shape index (κ3) is 8.76. The summed E-state index contributed by atoms with van der Waals surface area (Å²) in [5.74, 6) is 1.82. The highest BCUT2D eigenvalue weighted by atomic mass is 15.1. The van der Waals surface area contributed by atoms with Gasteiger partial charge in [0, 0.05) is 33.4 Å². The fourth-order valence-electron chi connectivity index (χ4n) is 7.84. The zero-order valence-electron chi connectivity index (χ0n) is 36.7. The van der Waals surface area contributed by atoms with Crippen molar-refractivity contribution in [3.63, 3.8) is 0 Å². The van der Waals surface area contributed by atoms with E-state index in [1.807, 2.05) is 69.2 Å². The predicted octanol–water partition coefficient (Wildman–Crippen LogP) is 15.7. The first-order chi connectivity index (χ1) is 28.1. The SMILES string of the molecule is CC.CC.CC.CC.CC.CC1(C)c2ccccc2-c2c1ccc1c2NC(c2cccc(-c3nc4ccccc4n3-c3ccccc3)c2)=NC1C1=CC=CCCC1. The molecular weight excluding hydrogens is 693 g/mol. The maximum Gasteiger partial charge on any atom is 0.145 e. The zero-order valence-corrected chi connectivity index (χ0v) is 36.7. The van der Waals surface area contributed by atoms with Gasteiger partial charge in [-0.3, -0.25) is 9.56 Å². The first-order valence-electron chi connectivity index (χ1n) is 21.7. The summed E-state index contributed by atoms with van der Waals surface area (Å²) in [6, 6.07) is 41.1. The number of fused-ring (bicyclic) bond motifs is 6. The number of nitrogens with one attached hydrogen (secondary N) is 1. The highest BCUT2D eigenvalue weighted by Crippen LogP contribution is 2.54. The van der Waals surface area contributed by atoms with E-state index >= 15 is 0 Å². The molecule has 0 radical (unpaired) electrons. The lowest BCUT2D eigenvalue weighted by atomic mass is 9.81. The average molecular weight is 759 g/mol. The van der Waals surface area contributed by atoms with Gasteiger partial charge in [-0.05, 0) is 71.9 Å². The highest BCUT2D eigenvalue weighted by Gasteiger charge is 2.39. The van der Waals surface area contributed by atoms with Crippen molar-refractivity contribution in [3.05, 3.63) is 161 Å². The molecular formula is C53H66N4. The van der Waals surface area contributed by atoms with E-state index in [1.165, 1.54) is 39.1 Å². The van der Waals surface area contributed by atoms with Crippen molar-refractivity contribution in [1.82, 2.24) is 9.55 Å². The molecule has 4 heteroatoms. The number of anilines is 1. The van der Waals surface area contributed by atoms with Gasteiger partial charge in [-0.1, -0.05) is 186 Å². The molecule has 2 aliphatic carbocycles. The molecule has 1 aliphatic heterocycles. The van der Waals surface area contributed by atoms with Crippen LogP contribution in [-0.2, 0) is 5.41 Å². The van der Waals surface area contributed by atoms with E-state index in [2.05, 4.69) is 157 Å². The Balaban J connectivity index is 0.000000671. The second-order valence-corrected chi connectivity index (χ2v) is 13.4. The van der Waals surface area contributed by atoms with Crippen molar-refractivity contribution < 1.29 is 0 Å². The van der Waals surface area contributed by atoms with Gasteiger partial charge < -0.3 is 5.32 Å². The second-order valence-electron chi connectivity index (χ2n) is 13.4. The van der Waals surface area contributed by atoms with Gasteiger partial charge in [-0.25, -0.2) is 4.98 Å². The third-order valence-corrected chi connectivity index (χ3v) is 10.2. The van der Waals surface area contributed by atoms with Crippen LogP contribution < -0.4 is 5.32 Å². The van der Waals surface area contributed by atoms with E-state index in [0.29, 0.717) is 0 Å². The molecule has 6 aromatic rings. The molecule has 57 heavy (non-hydrogen) atoms. The third-order valence-electron chi connectivity index (χ3n) is 10.2. The number of hydrogen-bond acceptors (Lipinski definition) is 3. The van der Waals surface area contributed by atoms with Crippen LogP contribution in [0.2, 0.25) is 0 Å². The van der Waals surface area contributed by atoms with Gasteiger partial charge in [0.05, 0.1) is 16.7 Å². The number of aliphatic imine (C=N–C) groups is 1. The Morgan fingerprint density at radius 1 is 0.667 bits per heavy atom. The molecule has 3 aliphatic rings. The second kappa shape index (κ2) is 21.2. The molecule has 0 spiro atoms. The summed E-state index contributed by atoms with van der Waals surface area (Å²) in [7, 11) is 0. The monoisotopic (exact) mass is 759 g/mol. The number of hydrogen-bond donors (Lipinski definition) is 1. The molecule has 0 saturated carbocycles. The van der Waals surface area contributed by atoms with E-state index < -0.39 is 0 Å². The lowest BCUT2D eigenvalue weighted by Crippen LogP contribution is -2.24. The van der Waals surface area contributed by atoms with Crippen LogP contribution in [0.3, 0.4) is 0 Å². The first-order valence-corrected chi connectivity index (χ1v) is 21.7. The molecule has 0 saturated heterocycles. The van der Waals surface area contributed by atoms with E-state index in [0.717, 1.165) is 58.8 Å². The minimum atomic E-state index is -0.0757. The molecule has 5 aromatic carbocycles. The Morgan fingerprint density at radius 2 is 1.33 bits per heavy atom. The lowest BCUT2D eigenvalue weighted by Gasteiger charge is -2.30. The summed E-state index contributed by atoms with van der Waals surface area (Å²) < 4.78 is 2.26. The van der Waals surface area contributed by atoms with E-state index in [1.54, 1.807) is 0 Å². The van der Waals surface area contributed by atoms with Crippen molar-refractivity contribution in [1.29, 1.82) is 0 Å². The van der Waals surface area contributed by atoms with Crippen LogP contribution >= 0.6 is 0 Å². The number of nitrogens with zero attached hydrogens (tertiary/aromatic N) is 3. The molecule has 9 rings (SSSR count). The van der Waals surface area contributed by atoms with Gasteiger partial charge in [0.2, 0.25) is 0 Å². The normalized spacial score (nSPS) is 15.1. The lowest BCUT2D eigenvalue weighted by molar-refractivity contribution is 0.659. The molecule has 0 amide bonds. The molecule has 2 heterocycles. The van der Waals surface area contributed by atoms with Crippen molar-refractivity contribution in [3.8, 4) is 28.2 Å². The van der Waals surface area contributed by atoms with Crippen LogP contribution in [0.5, 0.6) is 0 Å². The molecule has 0 fully saturated rings. The van der Waals surface area contributed by atoms with Gasteiger partial charge >= 0.3 is 0 Å². The Bertz CT molecular complexity index is 2280. The molecule has 1 N–H and O–H groups in total. The minimum absolute atomic E-state index is 0.0530. The molecule has 1 atom stereocenters. The Kier molecular flexibility index (Phi) is 16.4. The van der Waals surface area contributed by atoms with Crippen LogP contribution in [0.1, 0.15) is 131 Å². The number of aromatic nitrogens is 2. The summed E-state index contributed by atoms with van der Waals surface area (Å²) in [6.07, 6.45) is 10.1. The number of allylic oxidation sites excluding steroid dienone is 3. The summed E-state index contributed by atoms with van der Waals surface area (Å²) in [5.41, 5.74) is 14.4. The van der Waals surface area contributed by atoms with Gasteiger partial charge in [0.15, 0.2) is 0 Å². The summed E-state index contributed by atoms with van der Waals surface area (Å²) >= 11 is 0. The summed E-state index contributed by atoms with van der Waals surface area (Å²) in [5, 5.41) is 3.91. The number of benzene rings is 5. The number of rotatable bonds is 4. The van der Waals surface area contributed by atoms with E-state index in [4.69, 9.17) is 9.98 Å². The smallest absolute Gasteiger partial charge is 0.145 e. The predicted molar refractivity (Wildman–Crippen MR) is 251 cm³/mol. The van der Waals surface area contributed by atoms with Gasteiger partial charge in [-0.15, -0.1) is 0 Å². The fraction of sp³-hybridized carbons (Fsp3) is 0.321. The average Bonchev–Trinajstić information content (AvgIpc) is 3.64. The first kappa shape index (κ1) is 44.2. The van der Waals surface area contributed by atoms with Crippen molar-refractivity contribution in [2.75, 3.05) is 5.32 Å². The number of imidazole rings is 1. The number of amidine groups is 1. The van der Waals surface area contributed by atoms with Crippen molar-refractivity contribution in [2.24, 2.45) is 4.99 Å². The quantitative estimate of drug-likeness (QED) is 0.195. The van der Waals surface area contributed by atoms with Crippen molar-refractivity contribution in [2.45, 2.75) is 114 Å². The van der Waals surface area contributed by atoms with E-state index in [9.17, 15) is 0 Å². The van der Waals surface area contributed by atoms with Crippen molar-refractivity contribution >= 4 is 22.6 Å². The maximum absolute atomic E-state index is 5.51. The standard InChI is InChI=1S/C43H36N4.5C2H6/c1-43(2)34-22-11-10-21-32(34)38-35(43)26-25-33-39(28-15-6-3-4-7-16-28)45-41(46-40(33)38)29-17-14-18-30(27-29)42-44-36-23-12-13-24-37(36)47(42)31-19-8-5-9-20-31;5*1-2/h3,5-6,8-15,17-27,39H,4,7,16H2,1-2H3,(H,45,46);5*1-2H3. The maximum atomic E-state index is 5.51. The molecule has 298 valence electrons. The van der Waals surface area contributed by atoms with Crippen LogP contribution in [0.15, 0.2) is 144 Å². The van der Waals surface area contributed by atoms with Crippen LogP contribution in [0, 0.1) is 0 Å². The molecule has 1 unspecified atom stereocenters. The Morgan fingerprint density at radius 3 is 2.09 bits per heavy atom. The summed E-state index contributed by atoms with van der Waals surface area (Å²) in [4.78, 5) is 10.7. The molecule has 4 nitrogen and oxygen atoms in total. The minimum Gasteiger partial charge on any atom is -0.339 e. The van der Waals surface area contributed by atoms with Gasteiger partial charge in [0.1, 0.15) is 17.7 Å². The zero-order chi connectivity index (χ0) is 41.5. The largest absolute Gasteiger partial charge is 0.339 e. The Labute approximate surface area is 344 Å². The summed E-state index contributed by atoms with van der Waals surface area (Å²) in [6.45, 7) is 24.7. The molecule has 1 aromatic heterocycles. The topological polar surface area (TPSA) is 42.2 Å².